The molecule has 2 amide bonds. The van der Waals surface area contributed by atoms with Crippen LogP contribution in [0.15, 0.2) is 71.3 Å². The highest BCUT2D eigenvalue weighted by Crippen LogP contribution is 2.27. The molecule has 3 heterocycles. The summed E-state index contributed by atoms with van der Waals surface area (Å²) in [4.78, 5) is 36.8. The van der Waals surface area contributed by atoms with Gasteiger partial charge >= 0.3 is 0 Å². The van der Waals surface area contributed by atoms with Crippen LogP contribution in [0.4, 0.5) is 5.82 Å². The Morgan fingerprint density at radius 3 is 2.37 bits per heavy atom. The van der Waals surface area contributed by atoms with Crippen molar-refractivity contribution in [3.63, 3.8) is 0 Å². The normalized spacial score (nSPS) is 16.2. The molecule has 2 aliphatic rings. The number of amides is 2. The van der Waals surface area contributed by atoms with Crippen LogP contribution in [-0.2, 0) is 0 Å². The lowest BCUT2D eigenvalue weighted by molar-refractivity contribution is 0.0610. The second-order valence-electron chi connectivity index (χ2n) is 10.2. The van der Waals surface area contributed by atoms with Gasteiger partial charge in [-0.25, -0.2) is 4.98 Å². The van der Waals surface area contributed by atoms with E-state index in [4.69, 9.17) is 10.00 Å². The van der Waals surface area contributed by atoms with Crippen molar-refractivity contribution in [3.05, 3.63) is 88.0 Å². The summed E-state index contributed by atoms with van der Waals surface area (Å²) in [6, 6.07) is 20.7. The fourth-order valence-electron chi connectivity index (χ4n) is 5.34. The Morgan fingerprint density at radius 1 is 1.00 bits per heavy atom. The van der Waals surface area contributed by atoms with Crippen LogP contribution in [0.2, 0.25) is 0 Å². The quantitative estimate of drug-likeness (QED) is 0.378. The predicted octanol–water partition coefficient (Wildman–Crippen LogP) is 4.20. The summed E-state index contributed by atoms with van der Waals surface area (Å²) in [7, 11) is 0. The van der Waals surface area contributed by atoms with E-state index >= 15 is 0 Å². The van der Waals surface area contributed by atoms with Crippen LogP contribution in [0.1, 0.15) is 40.5 Å². The molecule has 0 bridgehead atoms. The second kappa shape index (κ2) is 13.6. The third kappa shape index (κ3) is 7.23. The van der Waals surface area contributed by atoms with E-state index < -0.39 is 0 Å². The van der Waals surface area contributed by atoms with Gasteiger partial charge in [0.2, 0.25) is 0 Å². The van der Waals surface area contributed by atoms with Crippen molar-refractivity contribution in [2.24, 2.45) is 0 Å². The summed E-state index contributed by atoms with van der Waals surface area (Å²) in [6.45, 7) is 5.79. The smallest absolute Gasteiger partial charge is 0.253 e. The number of piperidine rings is 1. The predicted molar refractivity (Wildman–Crippen MR) is 162 cm³/mol. The molecule has 1 N–H and O–H groups in total. The molecule has 0 radical (unpaired) electrons. The number of nitriles is 1. The Hall–Kier alpha value is -3.94. The number of carbonyl (C=O) groups is 2. The van der Waals surface area contributed by atoms with Crippen LogP contribution in [0.25, 0.3) is 0 Å². The number of anilines is 1. The second-order valence-corrected chi connectivity index (χ2v) is 11.0. The molecule has 0 spiro atoms. The number of para-hydroxylation sites is 1. The van der Waals surface area contributed by atoms with Gasteiger partial charge in [0.15, 0.2) is 0 Å². The number of halogens is 1. The molecular formula is C31H35BrN6O3. The Kier molecular flexibility index (Phi) is 9.49. The van der Waals surface area contributed by atoms with E-state index in [0.29, 0.717) is 35.9 Å². The number of carbonyl (C=O) groups excluding carboxylic acids is 2. The summed E-state index contributed by atoms with van der Waals surface area (Å²) >= 11 is 3.63. The van der Waals surface area contributed by atoms with Crippen molar-refractivity contribution in [2.75, 3.05) is 57.3 Å². The SMILES string of the molecule is N#Cc1ccc(C(=O)N2CCC(N3CCN(c4ncc(C(=O)NCCOc5ccccc5)cc4Br)CC3)CC2)cc1.[HH]. The van der Waals surface area contributed by atoms with Gasteiger partial charge in [0.25, 0.3) is 11.8 Å². The molecule has 214 valence electrons. The van der Waals surface area contributed by atoms with E-state index in [0.717, 1.165) is 68.2 Å². The number of hydrogen-bond acceptors (Lipinski definition) is 7. The highest BCUT2D eigenvalue weighted by Gasteiger charge is 2.30. The molecule has 2 fully saturated rings. The highest BCUT2D eigenvalue weighted by atomic mass is 79.9. The van der Waals surface area contributed by atoms with E-state index in [-0.39, 0.29) is 13.2 Å². The first-order valence-corrected chi connectivity index (χ1v) is 14.7. The number of likely N-dealkylation sites (tertiary alicyclic amines) is 1. The van der Waals surface area contributed by atoms with Crippen LogP contribution in [0.5, 0.6) is 5.75 Å². The summed E-state index contributed by atoms with van der Waals surface area (Å²) in [6.07, 6.45) is 3.52. The van der Waals surface area contributed by atoms with Gasteiger partial charge in [0, 0.05) is 58.5 Å². The van der Waals surface area contributed by atoms with E-state index in [9.17, 15) is 9.59 Å². The lowest BCUT2D eigenvalue weighted by Crippen LogP contribution is -2.54. The van der Waals surface area contributed by atoms with E-state index in [1.54, 1.807) is 30.5 Å². The van der Waals surface area contributed by atoms with Crippen molar-refractivity contribution >= 4 is 33.6 Å². The average Bonchev–Trinajstić information content (AvgIpc) is 3.03. The number of pyridine rings is 1. The van der Waals surface area contributed by atoms with Crippen molar-refractivity contribution < 1.29 is 15.8 Å². The third-order valence-electron chi connectivity index (χ3n) is 7.63. The average molecular weight is 620 g/mol. The van der Waals surface area contributed by atoms with Gasteiger partial charge in [-0.05, 0) is 71.2 Å². The summed E-state index contributed by atoms with van der Waals surface area (Å²) in [5.74, 6) is 1.47. The largest absolute Gasteiger partial charge is 0.492 e. The van der Waals surface area contributed by atoms with Crippen LogP contribution < -0.4 is 15.0 Å². The maximum absolute atomic E-state index is 12.9. The van der Waals surface area contributed by atoms with Gasteiger partial charge in [-0.1, -0.05) is 18.2 Å². The zero-order valence-electron chi connectivity index (χ0n) is 22.8. The number of nitrogens with zero attached hydrogens (tertiary/aromatic N) is 5. The highest BCUT2D eigenvalue weighted by molar-refractivity contribution is 9.10. The Morgan fingerprint density at radius 2 is 1.71 bits per heavy atom. The lowest BCUT2D eigenvalue weighted by atomic mass is 10.0. The summed E-state index contributed by atoms with van der Waals surface area (Å²) in [5.41, 5.74) is 1.69. The fraction of sp³-hybridized carbons (Fsp3) is 0.355. The number of nitrogens with one attached hydrogen (secondary N) is 1. The molecule has 9 nitrogen and oxygen atoms in total. The van der Waals surface area contributed by atoms with Gasteiger partial charge in [-0.15, -0.1) is 0 Å². The van der Waals surface area contributed by atoms with Gasteiger partial charge < -0.3 is 19.9 Å². The third-order valence-corrected chi connectivity index (χ3v) is 8.21. The van der Waals surface area contributed by atoms with Crippen LogP contribution in [-0.4, -0.2) is 85.1 Å². The minimum Gasteiger partial charge on any atom is -0.492 e. The Balaban J connectivity index is 0.00000405. The Bertz CT molecular complexity index is 1390. The molecule has 10 heteroatoms. The Labute approximate surface area is 250 Å². The topological polar surface area (TPSA) is 102 Å². The molecule has 0 saturated carbocycles. The summed E-state index contributed by atoms with van der Waals surface area (Å²) < 4.78 is 6.43. The molecule has 2 aromatic carbocycles. The molecule has 5 rings (SSSR count). The van der Waals surface area contributed by atoms with Crippen LogP contribution in [0.3, 0.4) is 0 Å². The fourth-order valence-corrected chi connectivity index (χ4v) is 5.94. The molecule has 1 aromatic heterocycles. The van der Waals surface area contributed by atoms with Gasteiger partial charge in [-0.3, -0.25) is 14.5 Å². The maximum Gasteiger partial charge on any atom is 0.253 e. The monoisotopic (exact) mass is 618 g/mol. The molecule has 3 aromatic rings. The summed E-state index contributed by atoms with van der Waals surface area (Å²) in [5, 5.41) is 11.9. The number of piperazine rings is 1. The standard InChI is InChI=1S/C31H33BrN6O3.H2/c32-28-20-25(30(39)34-12-19-41-27-4-2-1-3-5-27)22-35-29(28)37-17-15-36(16-18-37)26-10-13-38(14-11-26)31(40)24-8-6-23(21-33)7-9-24;/h1-9,20,22,26H,10-19H2,(H,34,39);1H. The molecule has 41 heavy (non-hydrogen) atoms. The van der Waals surface area contributed by atoms with Crippen LogP contribution in [0, 0.1) is 11.3 Å². The van der Waals surface area contributed by atoms with E-state index in [1.807, 2.05) is 41.3 Å². The van der Waals surface area contributed by atoms with Crippen molar-refractivity contribution in [2.45, 2.75) is 18.9 Å². The molecular weight excluding hydrogens is 584 g/mol. The first-order chi connectivity index (χ1) is 20.0. The molecule has 0 atom stereocenters. The molecule has 2 saturated heterocycles. The van der Waals surface area contributed by atoms with E-state index in [1.165, 1.54) is 0 Å². The lowest BCUT2D eigenvalue weighted by Gasteiger charge is -2.43. The van der Waals surface area contributed by atoms with Crippen LogP contribution >= 0.6 is 15.9 Å². The van der Waals surface area contributed by atoms with Crippen molar-refractivity contribution in [1.29, 1.82) is 5.26 Å². The number of rotatable bonds is 8. The van der Waals surface area contributed by atoms with Gasteiger partial charge in [0.05, 0.1) is 28.2 Å². The first kappa shape index (κ1) is 28.6. The van der Waals surface area contributed by atoms with Gasteiger partial charge in [0.1, 0.15) is 18.2 Å². The zero-order valence-corrected chi connectivity index (χ0v) is 24.4. The van der Waals surface area contributed by atoms with E-state index in [2.05, 4.69) is 42.1 Å². The van der Waals surface area contributed by atoms with Crippen molar-refractivity contribution in [1.82, 2.24) is 20.1 Å². The first-order valence-electron chi connectivity index (χ1n) is 13.9. The number of hydrogen-bond donors (Lipinski definition) is 1. The molecule has 0 aliphatic carbocycles. The van der Waals surface area contributed by atoms with Gasteiger partial charge in [-0.2, -0.15) is 5.26 Å². The van der Waals surface area contributed by atoms with Crippen molar-refractivity contribution in [3.8, 4) is 11.8 Å². The number of ether oxygens (including phenoxy) is 1. The minimum atomic E-state index is -0.185. The zero-order chi connectivity index (χ0) is 28.6. The molecule has 2 aliphatic heterocycles. The maximum atomic E-state index is 12.9. The molecule has 0 unspecified atom stereocenters. The number of aromatic nitrogens is 1. The number of benzene rings is 2. The minimum absolute atomic E-state index is 0.